The second-order valence-corrected chi connectivity index (χ2v) is 12.8. The third-order valence-electron chi connectivity index (χ3n) is 8.36. The fourth-order valence-electron chi connectivity index (χ4n) is 5.46. The molecule has 1 saturated heterocycles. The van der Waals surface area contributed by atoms with Gasteiger partial charge in [0, 0.05) is 0 Å². The van der Waals surface area contributed by atoms with Gasteiger partial charge in [-0.1, -0.05) is 181 Å². The van der Waals surface area contributed by atoms with Crippen LogP contribution in [-0.4, -0.2) is 52.0 Å². The lowest BCUT2D eigenvalue weighted by molar-refractivity contribution is -0.217. The molecule has 0 unspecified atom stereocenters. The summed E-state index contributed by atoms with van der Waals surface area (Å²) < 4.78 is 19.8. The first kappa shape index (κ1) is 44.5. The third-order valence-corrected chi connectivity index (χ3v) is 8.36. The molecular formula is C38H74O8. The minimum absolute atomic E-state index is 0.272. The molecule has 0 aliphatic carbocycles. The van der Waals surface area contributed by atoms with E-state index in [1.165, 1.54) is 141 Å². The highest BCUT2D eigenvalue weighted by Gasteiger charge is 2.11. The Morgan fingerprint density at radius 1 is 0.370 bits per heavy atom. The first-order chi connectivity index (χ1) is 22.7. The summed E-state index contributed by atoms with van der Waals surface area (Å²) in [5.74, 6) is 0. The van der Waals surface area contributed by atoms with E-state index in [-0.39, 0.29) is 13.2 Å². The van der Waals surface area contributed by atoms with E-state index < -0.39 is 12.3 Å². The van der Waals surface area contributed by atoms with E-state index in [0.717, 1.165) is 65.0 Å². The highest BCUT2D eigenvalue weighted by Crippen LogP contribution is 2.14. The molecule has 0 aromatic carbocycles. The topological polar surface area (TPSA) is 89.5 Å². The summed E-state index contributed by atoms with van der Waals surface area (Å²) in [6.45, 7) is 8.18. The van der Waals surface area contributed by atoms with E-state index in [1.807, 2.05) is 0 Å². The van der Waals surface area contributed by atoms with Gasteiger partial charge in [-0.2, -0.15) is 19.4 Å². The molecule has 274 valence electrons. The number of carbonyl (C=O) groups is 2. The van der Waals surface area contributed by atoms with Crippen molar-refractivity contribution in [3.63, 3.8) is 0 Å². The van der Waals surface area contributed by atoms with E-state index in [1.54, 1.807) is 0 Å². The smallest absolute Gasteiger partial charge is 0.432 e. The van der Waals surface area contributed by atoms with Crippen LogP contribution in [0.5, 0.6) is 0 Å². The monoisotopic (exact) mass is 659 g/mol. The van der Waals surface area contributed by atoms with Crippen molar-refractivity contribution in [2.24, 2.45) is 0 Å². The van der Waals surface area contributed by atoms with Crippen LogP contribution in [0, 0.1) is 0 Å². The number of ether oxygens (including phenoxy) is 4. The zero-order valence-corrected chi connectivity index (χ0v) is 30.3. The lowest BCUT2D eigenvalue weighted by atomic mass is 10.0. The summed E-state index contributed by atoms with van der Waals surface area (Å²) >= 11 is 0. The van der Waals surface area contributed by atoms with Crippen molar-refractivity contribution in [2.75, 3.05) is 39.6 Å². The Morgan fingerprint density at radius 3 is 0.804 bits per heavy atom. The van der Waals surface area contributed by atoms with E-state index in [0.29, 0.717) is 0 Å². The molecule has 46 heavy (non-hydrogen) atoms. The fraction of sp³-hybridized carbons (Fsp3) is 0.947. The summed E-state index contributed by atoms with van der Waals surface area (Å²) in [5.41, 5.74) is 0. The van der Waals surface area contributed by atoms with Crippen LogP contribution in [0.3, 0.4) is 0 Å². The first-order valence-corrected chi connectivity index (χ1v) is 19.5. The van der Waals surface area contributed by atoms with Gasteiger partial charge in [-0.15, -0.1) is 0 Å². The SMILES string of the molecule is C1COCCO1.CCCCCCCCCCCCCCCCOC(=O)OOC(=O)OCCCCCCCCCCCCCCCC. The molecule has 1 fully saturated rings. The van der Waals surface area contributed by atoms with Crippen LogP contribution in [0.15, 0.2) is 0 Å². The van der Waals surface area contributed by atoms with Crippen molar-refractivity contribution in [2.45, 2.75) is 194 Å². The van der Waals surface area contributed by atoms with Crippen LogP contribution < -0.4 is 0 Å². The Balaban J connectivity index is 0.00000299. The number of carbonyl (C=O) groups excluding carboxylic acids is 2. The van der Waals surface area contributed by atoms with E-state index in [2.05, 4.69) is 23.6 Å². The van der Waals surface area contributed by atoms with Crippen LogP contribution >= 0.6 is 0 Å². The number of hydrogen-bond donors (Lipinski definition) is 0. The van der Waals surface area contributed by atoms with Crippen molar-refractivity contribution in [3.8, 4) is 0 Å². The summed E-state index contributed by atoms with van der Waals surface area (Å²) in [6, 6.07) is 0. The molecular weight excluding hydrogens is 584 g/mol. The predicted molar refractivity (Wildman–Crippen MR) is 187 cm³/mol. The van der Waals surface area contributed by atoms with Crippen molar-refractivity contribution >= 4 is 12.3 Å². The highest BCUT2D eigenvalue weighted by atomic mass is 17.3. The largest absolute Gasteiger partial charge is 0.549 e. The summed E-state index contributed by atoms with van der Waals surface area (Å²) in [7, 11) is 0. The maximum absolute atomic E-state index is 11.5. The van der Waals surface area contributed by atoms with Gasteiger partial charge in [0.25, 0.3) is 0 Å². The molecule has 1 aliphatic heterocycles. The molecule has 0 amide bonds. The normalized spacial score (nSPS) is 12.7. The van der Waals surface area contributed by atoms with Gasteiger partial charge >= 0.3 is 12.3 Å². The lowest BCUT2D eigenvalue weighted by Gasteiger charge is -2.09. The van der Waals surface area contributed by atoms with Crippen molar-refractivity contribution in [1.82, 2.24) is 0 Å². The average molecular weight is 659 g/mol. The first-order valence-electron chi connectivity index (χ1n) is 19.5. The molecule has 1 aliphatic rings. The standard InChI is InChI=1S/C34H66O6.C4H8O2/c1-3-5-7-9-11-13-15-17-19-21-23-25-27-29-31-37-33(35)39-40-34(36)38-32-30-28-26-24-22-20-18-16-14-12-10-8-6-4-2;1-2-6-4-3-5-1/h3-32H2,1-2H3;1-4H2. The number of unbranched alkanes of at least 4 members (excludes halogenated alkanes) is 26. The zero-order valence-electron chi connectivity index (χ0n) is 30.3. The molecule has 8 heteroatoms. The Bertz CT molecular complexity index is 554. The second-order valence-electron chi connectivity index (χ2n) is 12.8. The predicted octanol–water partition coefficient (Wildman–Crippen LogP) is 12.2. The number of rotatable bonds is 30. The van der Waals surface area contributed by atoms with E-state index in [9.17, 15) is 9.59 Å². The van der Waals surface area contributed by atoms with Crippen molar-refractivity contribution in [1.29, 1.82) is 0 Å². The molecule has 0 radical (unpaired) electrons. The Labute approximate surface area is 283 Å². The highest BCUT2D eigenvalue weighted by molar-refractivity contribution is 5.63. The van der Waals surface area contributed by atoms with Crippen molar-refractivity contribution in [3.05, 3.63) is 0 Å². The Morgan fingerprint density at radius 2 is 0.587 bits per heavy atom. The van der Waals surface area contributed by atoms with E-state index >= 15 is 0 Å². The van der Waals surface area contributed by atoms with Gasteiger partial charge < -0.3 is 18.9 Å². The van der Waals surface area contributed by atoms with Gasteiger partial charge in [0.15, 0.2) is 0 Å². The Hall–Kier alpha value is -1.54. The van der Waals surface area contributed by atoms with E-state index in [4.69, 9.17) is 18.9 Å². The van der Waals surface area contributed by atoms with Crippen LogP contribution in [-0.2, 0) is 28.7 Å². The number of hydrogen-bond acceptors (Lipinski definition) is 8. The van der Waals surface area contributed by atoms with Crippen LogP contribution in [0.1, 0.15) is 194 Å². The van der Waals surface area contributed by atoms with Crippen molar-refractivity contribution < 1.29 is 38.3 Å². The quantitative estimate of drug-likeness (QED) is 0.0326. The lowest BCUT2D eigenvalue weighted by Crippen LogP contribution is -2.16. The molecule has 0 bridgehead atoms. The summed E-state index contributed by atoms with van der Waals surface area (Å²) in [4.78, 5) is 31.8. The van der Waals surface area contributed by atoms with Gasteiger partial charge in [0.05, 0.1) is 39.6 Å². The summed E-state index contributed by atoms with van der Waals surface area (Å²) in [6.07, 6.45) is 33.6. The third kappa shape index (κ3) is 38.6. The molecule has 0 aromatic heterocycles. The maximum atomic E-state index is 11.5. The zero-order chi connectivity index (χ0) is 33.4. The minimum atomic E-state index is -0.997. The molecule has 0 saturated carbocycles. The van der Waals surface area contributed by atoms with Crippen LogP contribution in [0.2, 0.25) is 0 Å². The summed E-state index contributed by atoms with van der Waals surface area (Å²) in [5, 5.41) is 0. The van der Waals surface area contributed by atoms with Gasteiger partial charge in [0.2, 0.25) is 0 Å². The molecule has 0 aromatic rings. The van der Waals surface area contributed by atoms with Crippen LogP contribution in [0.25, 0.3) is 0 Å². The second kappa shape index (κ2) is 39.6. The molecule has 0 N–H and O–H groups in total. The minimum Gasteiger partial charge on any atom is -0.432 e. The van der Waals surface area contributed by atoms with Gasteiger partial charge in [-0.3, -0.25) is 0 Å². The molecule has 8 nitrogen and oxygen atoms in total. The van der Waals surface area contributed by atoms with Gasteiger partial charge in [0.1, 0.15) is 0 Å². The Kier molecular flexibility index (Phi) is 38.3. The average Bonchev–Trinajstić information content (AvgIpc) is 3.08. The molecule has 0 atom stereocenters. The van der Waals surface area contributed by atoms with Gasteiger partial charge in [-0.05, 0) is 12.8 Å². The van der Waals surface area contributed by atoms with Crippen LogP contribution in [0.4, 0.5) is 9.59 Å². The van der Waals surface area contributed by atoms with Gasteiger partial charge in [-0.25, -0.2) is 0 Å². The fourth-order valence-corrected chi connectivity index (χ4v) is 5.46. The molecule has 1 rings (SSSR count). The molecule has 1 heterocycles. The maximum Gasteiger partial charge on any atom is 0.549 e. The molecule has 0 spiro atoms.